The predicted molar refractivity (Wildman–Crippen MR) is 110 cm³/mol. The molecule has 1 fully saturated rings. The van der Waals surface area contributed by atoms with E-state index in [1.807, 2.05) is 6.07 Å². The quantitative estimate of drug-likeness (QED) is 0.803. The van der Waals surface area contributed by atoms with E-state index in [-0.39, 0.29) is 30.1 Å². The van der Waals surface area contributed by atoms with E-state index in [0.717, 1.165) is 0 Å². The minimum atomic E-state index is -0.677. The number of hydrogen-bond donors (Lipinski definition) is 1. The average Bonchev–Trinajstić information content (AvgIpc) is 2.72. The first-order valence-corrected chi connectivity index (χ1v) is 9.72. The number of nitriles is 1. The van der Waals surface area contributed by atoms with Crippen molar-refractivity contribution in [1.29, 1.82) is 5.26 Å². The van der Waals surface area contributed by atoms with Crippen molar-refractivity contribution < 1.29 is 23.5 Å². The summed E-state index contributed by atoms with van der Waals surface area (Å²) in [6.07, 6.45) is 0.812. The summed E-state index contributed by atoms with van der Waals surface area (Å²) in [5, 5.41) is 11.5. The molecule has 8 nitrogen and oxygen atoms in total. The summed E-state index contributed by atoms with van der Waals surface area (Å²) >= 11 is 0. The number of nitrogens with zero attached hydrogens (tertiary/aromatic N) is 3. The predicted octanol–water partition coefficient (Wildman–Crippen LogP) is 3.65. The van der Waals surface area contributed by atoms with E-state index in [1.165, 1.54) is 41.4 Å². The largest absolute Gasteiger partial charge is 0.444 e. The lowest BCUT2D eigenvalue weighted by atomic mass is 10.0. The van der Waals surface area contributed by atoms with Gasteiger partial charge in [0.15, 0.2) is 0 Å². The van der Waals surface area contributed by atoms with Gasteiger partial charge in [-0.1, -0.05) is 6.07 Å². The zero-order chi connectivity index (χ0) is 22.6. The number of benzene rings is 1. The second-order valence-electron chi connectivity index (χ2n) is 8.00. The minimum absolute atomic E-state index is 0.0420. The van der Waals surface area contributed by atoms with Crippen LogP contribution in [0.4, 0.5) is 14.9 Å². The molecule has 3 rings (SSSR count). The maximum absolute atomic E-state index is 14.9. The van der Waals surface area contributed by atoms with Gasteiger partial charge in [-0.3, -0.25) is 14.7 Å². The lowest BCUT2D eigenvalue weighted by Crippen LogP contribution is -2.46. The van der Waals surface area contributed by atoms with Crippen LogP contribution in [0.5, 0.6) is 0 Å². The Morgan fingerprint density at radius 1 is 1.32 bits per heavy atom. The van der Waals surface area contributed by atoms with Crippen molar-refractivity contribution in [1.82, 2.24) is 9.88 Å². The molecule has 1 aromatic carbocycles. The molecule has 9 heteroatoms. The van der Waals surface area contributed by atoms with E-state index in [4.69, 9.17) is 14.7 Å². The van der Waals surface area contributed by atoms with Gasteiger partial charge in [0.2, 0.25) is 0 Å². The first kappa shape index (κ1) is 22.2. The third-order valence-corrected chi connectivity index (χ3v) is 4.50. The second kappa shape index (κ2) is 9.10. The number of morpholine rings is 1. The standard InChI is InChI=1S/C22H23FN4O4/c1-22(2,3)31-21(29)27-8-9-30-13-19(27)16-5-4-15(11-17(16)23)26-20(28)18-10-14(12-24)6-7-25-18/h4-7,10-11,19H,8-9,13H2,1-3H3,(H,26,28)/t19-/m1/s1. The first-order valence-electron chi connectivity index (χ1n) is 9.72. The van der Waals surface area contributed by atoms with Gasteiger partial charge in [-0.25, -0.2) is 9.18 Å². The summed E-state index contributed by atoms with van der Waals surface area (Å²) in [6, 6.07) is 8.31. The number of carbonyl (C=O) groups excluding carboxylic acids is 2. The zero-order valence-electron chi connectivity index (χ0n) is 17.5. The van der Waals surface area contributed by atoms with Gasteiger partial charge in [0, 0.05) is 24.0 Å². The third kappa shape index (κ3) is 5.55. The highest BCUT2D eigenvalue weighted by Crippen LogP contribution is 2.29. The fourth-order valence-electron chi connectivity index (χ4n) is 3.09. The molecule has 162 valence electrons. The van der Waals surface area contributed by atoms with Crippen molar-refractivity contribution in [3.8, 4) is 6.07 Å². The lowest BCUT2D eigenvalue weighted by Gasteiger charge is -2.37. The van der Waals surface area contributed by atoms with Crippen molar-refractivity contribution >= 4 is 17.7 Å². The van der Waals surface area contributed by atoms with E-state index in [1.54, 1.807) is 20.8 Å². The number of anilines is 1. The number of nitrogens with one attached hydrogen (secondary N) is 1. The van der Waals surface area contributed by atoms with Crippen LogP contribution in [0.15, 0.2) is 36.5 Å². The summed E-state index contributed by atoms with van der Waals surface area (Å²) in [5.74, 6) is -1.17. The third-order valence-electron chi connectivity index (χ3n) is 4.50. The summed E-state index contributed by atoms with van der Waals surface area (Å²) in [7, 11) is 0. The molecule has 0 aliphatic carbocycles. The van der Waals surface area contributed by atoms with Gasteiger partial charge >= 0.3 is 6.09 Å². The Bertz CT molecular complexity index is 1030. The van der Waals surface area contributed by atoms with Crippen LogP contribution in [0.3, 0.4) is 0 Å². The van der Waals surface area contributed by atoms with Crippen LogP contribution in [0.2, 0.25) is 0 Å². The maximum Gasteiger partial charge on any atom is 0.410 e. The van der Waals surface area contributed by atoms with E-state index < -0.39 is 29.5 Å². The smallest absolute Gasteiger partial charge is 0.410 e. The molecule has 1 aliphatic rings. The molecule has 1 N–H and O–H groups in total. The fraction of sp³-hybridized carbons (Fsp3) is 0.364. The Labute approximate surface area is 179 Å². The Hall–Kier alpha value is -3.51. The molecule has 1 aliphatic heterocycles. The van der Waals surface area contributed by atoms with Gasteiger partial charge in [-0.05, 0) is 45.0 Å². The van der Waals surface area contributed by atoms with Crippen LogP contribution in [-0.2, 0) is 9.47 Å². The Balaban J connectivity index is 1.78. The van der Waals surface area contributed by atoms with Gasteiger partial charge < -0.3 is 14.8 Å². The van der Waals surface area contributed by atoms with Gasteiger partial charge in [0.25, 0.3) is 5.91 Å². The number of aromatic nitrogens is 1. The summed E-state index contributed by atoms with van der Waals surface area (Å²) in [6.45, 7) is 6.03. The molecule has 1 saturated heterocycles. The number of pyridine rings is 1. The molecule has 0 spiro atoms. The second-order valence-corrected chi connectivity index (χ2v) is 8.00. The number of hydrogen-bond acceptors (Lipinski definition) is 6. The van der Waals surface area contributed by atoms with Crippen molar-refractivity contribution in [3.63, 3.8) is 0 Å². The molecular weight excluding hydrogens is 403 g/mol. The molecule has 1 aromatic heterocycles. The zero-order valence-corrected chi connectivity index (χ0v) is 17.5. The van der Waals surface area contributed by atoms with Crippen molar-refractivity contribution in [2.75, 3.05) is 25.1 Å². The Morgan fingerprint density at radius 2 is 2.10 bits per heavy atom. The fourth-order valence-corrected chi connectivity index (χ4v) is 3.09. The number of halogens is 1. The molecule has 0 bridgehead atoms. The van der Waals surface area contributed by atoms with Gasteiger partial charge in [0.1, 0.15) is 17.1 Å². The van der Waals surface area contributed by atoms with Crippen molar-refractivity contribution in [2.45, 2.75) is 32.4 Å². The average molecular weight is 426 g/mol. The van der Waals surface area contributed by atoms with E-state index in [2.05, 4.69) is 10.3 Å². The van der Waals surface area contributed by atoms with Gasteiger partial charge in [0.05, 0.1) is 30.9 Å². The molecule has 0 radical (unpaired) electrons. The van der Waals surface area contributed by atoms with Crippen molar-refractivity contribution in [2.24, 2.45) is 0 Å². The SMILES string of the molecule is CC(C)(C)OC(=O)N1CCOC[C@@H]1c1ccc(NC(=O)c2cc(C#N)ccn2)cc1F. The Kier molecular flexibility index (Phi) is 6.51. The van der Waals surface area contributed by atoms with Crippen LogP contribution in [0.1, 0.15) is 48.4 Å². The van der Waals surface area contributed by atoms with Crippen LogP contribution in [-0.4, -0.2) is 47.2 Å². The number of rotatable bonds is 3. The summed E-state index contributed by atoms with van der Waals surface area (Å²) < 4.78 is 25.8. The summed E-state index contributed by atoms with van der Waals surface area (Å²) in [5.41, 5.74) is 0.134. The topological polar surface area (TPSA) is 105 Å². The maximum atomic E-state index is 14.9. The number of ether oxygens (including phenoxy) is 2. The van der Waals surface area contributed by atoms with Crippen LogP contribution >= 0.6 is 0 Å². The van der Waals surface area contributed by atoms with Crippen LogP contribution in [0, 0.1) is 17.1 Å². The van der Waals surface area contributed by atoms with Crippen LogP contribution < -0.4 is 5.32 Å². The van der Waals surface area contributed by atoms with Gasteiger partial charge in [-0.15, -0.1) is 0 Å². The lowest BCUT2D eigenvalue weighted by molar-refractivity contribution is -0.0338. The van der Waals surface area contributed by atoms with E-state index in [0.29, 0.717) is 12.2 Å². The van der Waals surface area contributed by atoms with E-state index in [9.17, 15) is 14.0 Å². The highest BCUT2D eigenvalue weighted by molar-refractivity contribution is 6.03. The van der Waals surface area contributed by atoms with E-state index >= 15 is 0 Å². The molecule has 0 unspecified atom stereocenters. The Morgan fingerprint density at radius 3 is 2.77 bits per heavy atom. The normalized spacial score (nSPS) is 16.4. The van der Waals surface area contributed by atoms with Crippen molar-refractivity contribution in [3.05, 3.63) is 59.2 Å². The molecular formula is C22H23FN4O4. The summed E-state index contributed by atoms with van der Waals surface area (Å²) in [4.78, 5) is 30.3. The first-order chi connectivity index (χ1) is 14.7. The van der Waals surface area contributed by atoms with Gasteiger partial charge in [-0.2, -0.15) is 5.26 Å². The molecule has 2 heterocycles. The molecule has 2 aromatic rings. The molecule has 31 heavy (non-hydrogen) atoms. The number of carbonyl (C=O) groups is 2. The number of amides is 2. The van der Waals surface area contributed by atoms with Crippen LogP contribution in [0.25, 0.3) is 0 Å². The molecule has 2 amide bonds. The monoisotopic (exact) mass is 426 g/mol. The minimum Gasteiger partial charge on any atom is -0.444 e. The molecule has 1 atom stereocenters. The highest BCUT2D eigenvalue weighted by Gasteiger charge is 2.33. The molecule has 0 saturated carbocycles. The highest BCUT2D eigenvalue weighted by atomic mass is 19.1.